The normalized spacial score (nSPS) is 18.7. The number of Topliss-reactive ketones (excluding diaryl/α,β-unsaturated/α-hetero) is 1. The van der Waals surface area contributed by atoms with Gasteiger partial charge in [0.15, 0.2) is 0 Å². The van der Waals surface area contributed by atoms with Crippen molar-refractivity contribution >= 4 is 51.6 Å². The first-order valence-corrected chi connectivity index (χ1v) is 10.2. The van der Waals surface area contributed by atoms with E-state index in [9.17, 15) is 14.7 Å². The topological polar surface area (TPSA) is 66.8 Å². The molecule has 3 rings (SSSR count). The lowest BCUT2D eigenvalue weighted by Crippen LogP contribution is -2.31. The average Bonchev–Trinajstić information content (AvgIpc) is 2.94. The number of hydrogen-bond acceptors (Lipinski definition) is 4. The van der Waals surface area contributed by atoms with Crippen LogP contribution < -0.4 is 0 Å². The molecular formula is C21H19ClINO4. The fraction of sp³-hybridized carbons (Fsp3) is 0.238. The first-order valence-electron chi connectivity index (χ1n) is 8.72. The number of carbonyl (C=O) groups excluding carboxylic acids is 2. The molecule has 1 fully saturated rings. The van der Waals surface area contributed by atoms with Gasteiger partial charge >= 0.3 is 0 Å². The maximum Gasteiger partial charge on any atom is 0.295 e. The molecular weight excluding hydrogens is 493 g/mol. The molecule has 0 radical (unpaired) electrons. The molecule has 2 aromatic carbocycles. The SMILES string of the molecule is COCCCN1C(=O)C(=O)C(=C(O)c2ccc(Cl)cc2)[C@H]1c1ccc(I)cc1. The fourth-order valence-corrected chi connectivity index (χ4v) is 3.73. The minimum Gasteiger partial charge on any atom is -0.507 e. The number of ketones is 1. The molecule has 0 saturated carbocycles. The van der Waals surface area contributed by atoms with Gasteiger partial charge < -0.3 is 14.7 Å². The van der Waals surface area contributed by atoms with Gasteiger partial charge in [-0.2, -0.15) is 0 Å². The Kier molecular flexibility index (Phi) is 6.74. The third-order valence-corrected chi connectivity index (χ3v) is 5.56. The van der Waals surface area contributed by atoms with Gasteiger partial charge in [-0.25, -0.2) is 0 Å². The number of likely N-dealkylation sites (tertiary alicyclic amines) is 1. The highest BCUT2D eigenvalue weighted by atomic mass is 127. The van der Waals surface area contributed by atoms with Gasteiger partial charge in [-0.15, -0.1) is 0 Å². The van der Waals surface area contributed by atoms with Crippen molar-refractivity contribution in [3.05, 3.63) is 73.8 Å². The lowest BCUT2D eigenvalue weighted by molar-refractivity contribution is -0.140. The summed E-state index contributed by atoms with van der Waals surface area (Å²) in [7, 11) is 1.59. The summed E-state index contributed by atoms with van der Waals surface area (Å²) < 4.78 is 6.11. The van der Waals surface area contributed by atoms with E-state index in [2.05, 4.69) is 22.6 Å². The van der Waals surface area contributed by atoms with Crippen molar-refractivity contribution in [3.8, 4) is 0 Å². The van der Waals surface area contributed by atoms with Gasteiger partial charge in [-0.05, 0) is 71.0 Å². The van der Waals surface area contributed by atoms with Gasteiger partial charge in [0, 0.05) is 34.4 Å². The van der Waals surface area contributed by atoms with E-state index in [4.69, 9.17) is 16.3 Å². The Bertz CT molecular complexity index is 909. The molecule has 0 spiro atoms. The number of carbonyl (C=O) groups is 2. The van der Waals surface area contributed by atoms with E-state index < -0.39 is 17.7 Å². The quantitative estimate of drug-likeness (QED) is 0.205. The van der Waals surface area contributed by atoms with Crippen LogP contribution in [-0.2, 0) is 14.3 Å². The van der Waals surface area contributed by atoms with Crippen molar-refractivity contribution in [2.24, 2.45) is 0 Å². The lowest BCUT2D eigenvalue weighted by atomic mass is 9.95. The lowest BCUT2D eigenvalue weighted by Gasteiger charge is -2.25. The number of hydrogen-bond donors (Lipinski definition) is 1. The smallest absolute Gasteiger partial charge is 0.295 e. The Morgan fingerprint density at radius 1 is 1.14 bits per heavy atom. The van der Waals surface area contributed by atoms with Crippen LogP contribution >= 0.6 is 34.2 Å². The van der Waals surface area contributed by atoms with Crippen molar-refractivity contribution in [2.75, 3.05) is 20.3 Å². The molecule has 0 bridgehead atoms. The molecule has 0 unspecified atom stereocenters. The van der Waals surface area contributed by atoms with E-state index in [-0.39, 0.29) is 11.3 Å². The minimum atomic E-state index is -0.687. The second-order valence-electron chi connectivity index (χ2n) is 6.40. The van der Waals surface area contributed by atoms with E-state index in [1.54, 1.807) is 31.4 Å². The van der Waals surface area contributed by atoms with Crippen molar-refractivity contribution in [1.29, 1.82) is 0 Å². The summed E-state index contributed by atoms with van der Waals surface area (Å²) in [6.45, 7) is 0.825. The molecule has 1 amide bonds. The van der Waals surface area contributed by atoms with E-state index in [1.807, 2.05) is 24.3 Å². The highest BCUT2D eigenvalue weighted by molar-refractivity contribution is 14.1. The standard InChI is InChI=1S/C21H19ClINO4/c1-28-12-2-11-24-18(13-5-9-16(23)10-6-13)17(20(26)21(24)27)19(25)14-3-7-15(22)8-4-14/h3-10,18,25H,2,11-12H2,1H3/t18-/m1/s1. The van der Waals surface area contributed by atoms with Gasteiger partial charge in [0.1, 0.15) is 5.76 Å². The number of ether oxygens (including phenoxy) is 1. The average molecular weight is 512 g/mol. The summed E-state index contributed by atoms with van der Waals surface area (Å²) in [5.41, 5.74) is 1.30. The monoisotopic (exact) mass is 511 g/mol. The molecule has 1 N–H and O–H groups in total. The number of benzene rings is 2. The molecule has 1 aliphatic heterocycles. The van der Waals surface area contributed by atoms with Crippen molar-refractivity contribution in [3.63, 3.8) is 0 Å². The zero-order chi connectivity index (χ0) is 20.3. The van der Waals surface area contributed by atoms with Crippen molar-refractivity contribution in [1.82, 2.24) is 4.90 Å². The number of rotatable bonds is 6. The highest BCUT2D eigenvalue weighted by Gasteiger charge is 2.45. The Morgan fingerprint density at radius 3 is 2.39 bits per heavy atom. The van der Waals surface area contributed by atoms with Crippen LogP contribution in [0.2, 0.25) is 5.02 Å². The molecule has 1 heterocycles. The van der Waals surface area contributed by atoms with E-state index >= 15 is 0 Å². The predicted octanol–water partition coefficient (Wildman–Crippen LogP) is 4.40. The number of nitrogens with zero attached hydrogens (tertiary/aromatic N) is 1. The Morgan fingerprint density at radius 2 is 1.79 bits per heavy atom. The Labute approximate surface area is 182 Å². The number of aliphatic hydroxyl groups is 1. The summed E-state index contributed by atoms with van der Waals surface area (Å²) in [5, 5.41) is 11.4. The van der Waals surface area contributed by atoms with Gasteiger partial charge in [-0.1, -0.05) is 23.7 Å². The third kappa shape index (κ3) is 4.24. The number of halogens is 2. The molecule has 1 saturated heterocycles. The fourth-order valence-electron chi connectivity index (χ4n) is 3.24. The molecule has 5 nitrogen and oxygen atoms in total. The number of aliphatic hydroxyl groups excluding tert-OH is 1. The molecule has 146 valence electrons. The molecule has 28 heavy (non-hydrogen) atoms. The molecule has 2 aromatic rings. The maximum absolute atomic E-state index is 12.8. The molecule has 0 aliphatic carbocycles. The summed E-state index contributed by atoms with van der Waals surface area (Å²) in [4.78, 5) is 27.0. The first kappa shape index (κ1) is 20.8. The van der Waals surface area contributed by atoms with Crippen LogP contribution in [0.25, 0.3) is 5.76 Å². The minimum absolute atomic E-state index is 0.0888. The van der Waals surface area contributed by atoms with Crippen LogP contribution in [0.15, 0.2) is 54.1 Å². The van der Waals surface area contributed by atoms with Crippen molar-refractivity contribution in [2.45, 2.75) is 12.5 Å². The summed E-state index contributed by atoms with van der Waals surface area (Å²) in [6, 6.07) is 13.4. The molecule has 1 aliphatic rings. The maximum atomic E-state index is 12.8. The second-order valence-corrected chi connectivity index (χ2v) is 8.08. The van der Waals surface area contributed by atoms with Gasteiger partial charge in [0.25, 0.3) is 11.7 Å². The summed E-state index contributed by atoms with van der Waals surface area (Å²) in [6.07, 6.45) is 0.589. The molecule has 0 aromatic heterocycles. The van der Waals surface area contributed by atoms with Crippen LogP contribution in [0.1, 0.15) is 23.6 Å². The Balaban J connectivity index is 2.10. The third-order valence-electron chi connectivity index (χ3n) is 4.59. The van der Waals surface area contributed by atoms with Crippen LogP contribution in [0, 0.1) is 3.57 Å². The molecule has 1 atom stereocenters. The summed E-state index contributed by atoms with van der Waals surface area (Å²) in [5.74, 6) is -1.50. The number of methoxy groups -OCH3 is 1. The number of amides is 1. The Hall–Kier alpha value is -1.90. The molecule has 7 heteroatoms. The highest BCUT2D eigenvalue weighted by Crippen LogP contribution is 2.39. The van der Waals surface area contributed by atoms with Crippen LogP contribution in [0.4, 0.5) is 0 Å². The van der Waals surface area contributed by atoms with Gasteiger partial charge in [0.2, 0.25) is 0 Å². The van der Waals surface area contributed by atoms with Gasteiger partial charge in [0.05, 0.1) is 11.6 Å². The largest absolute Gasteiger partial charge is 0.507 e. The van der Waals surface area contributed by atoms with Crippen LogP contribution in [-0.4, -0.2) is 42.0 Å². The van der Waals surface area contributed by atoms with E-state index in [0.29, 0.717) is 30.2 Å². The summed E-state index contributed by atoms with van der Waals surface area (Å²) >= 11 is 8.12. The zero-order valence-electron chi connectivity index (χ0n) is 15.2. The second kappa shape index (κ2) is 9.07. The van der Waals surface area contributed by atoms with E-state index in [0.717, 1.165) is 9.13 Å². The zero-order valence-corrected chi connectivity index (χ0v) is 18.1. The van der Waals surface area contributed by atoms with Crippen LogP contribution in [0.5, 0.6) is 0 Å². The first-order chi connectivity index (χ1) is 13.4. The van der Waals surface area contributed by atoms with Crippen LogP contribution in [0.3, 0.4) is 0 Å². The predicted molar refractivity (Wildman–Crippen MR) is 116 cm³/mol. The van der Waals surface area contributed by atoms with Crippen molar-refractivity contribution < 1.29 is 19.4 Å². The van der Waals surface area contributed by atoms with E-state index in [1.165, 1.54) is 4.90 Å². The van der Waals surface area contributed by atoms with Gasteiger partial charge in [-0.3, -0.25) is 9.59 Å².